The molecule has 8 heteroatoms. The van der Waals surface area contributed by atoms with Gasteiger partial charge in [0.15, 0.2) is 0 Å². The lowest BCUT2D eigenvalue weighted by molar-refractivity contribution is 0.600. The largest absolute Gasteiger partial charge is 0.265 e. The highest BCUT2D eigenvalue weighted by Gasteiger charge is 2.15. The molecular formula is C9H7ClN4O2S. The molecule has 0 fully saturated rings. The zero-order valence-corrected chi connectivity index (χ0v) is 9.98. The Balaban J connectivity index is 2.29. The fraction of sp³-hybridized carbons (Fsp3) is 0. The molecule has 0 aliphatic carbocycles. The molecule has 0 aromatic carbocycles. The average Bonchev–Trinajstić information content (AvgIpc) is 2.30. The summed E-state index contributed by atoms with van der Waals surface area (Å²) in [6.45, 7) is 0. The van der Waals surface area contributed by atoms with Crippen LogP contribution in [0, 0.1) is 0 Å². The molecule has 1 N–H and O–H groups in total. The van der Waals surface area contributed by atoms with E-state index in [0.717, 1.165) is 6.20 Å². The molecule has 2 rings (SSSR count). The molecule has 6 nitrogen and oxygen atoms in total. The number of hydrogen-bond acceptors (Lipinski definition) is 5. The van der Waals surface area contributed by atoms with Gasteiger partial charge in [0.1, 0.15) is 10.0 Å². The zero-order valence-electron chi connectivity index (χ0n) is 8.41. The number of sulfonamides is 1. The molecule has 88 valence electrons. The van der Waals surface area contributed by atoms with Crippen LogP contribution >= 0.6 is 11.6 Å². The molecule has 0 atom stereocenters. The summed E-state index contributed by atoms with van der Waals surface area (Å²) in [6, 6.07) is 4.32. The van der Waals surface area contributed by atoms with E-state index in [1.807, 2.05) is 0 Å². The Morgan fingerprint density at radius 3 is 2.41 bits per heavy atom. The van der Waals surface area contributed by atoms with Gasteiger partial charge in [0, 0.05) is 18.6 Å². The molecule has 17 heavy (non-hydrogen) atoms. The van der Waals surface area contributed by atoms with E-state index in [9.17, 15) is 8.42 Å². The van der Waals surface area contributed by atoms with E-state index in [1.165, 1.54) is 24.5 Å². The monoisotopic (exact) mass is 270 g/mol. The molecule has 2 heterocycles. The summed E-state index contributed by atoms with van der Waals surface area (Å²) in [6.07, 6.45) is 4.03. The SMILES string of the molecule is O=S(=O)(Nc1ncccn1)c1ccc(Cl)nc1. The van der Waals surface area contributed by atoms with Crippen LogP contribution in [-0.4, -0.2) is 23.4 Å². The van der Waals surface area contributed by atoms with E-state index < -0.39 is 10.0 Å². The van der Waals surface area contributed by atoms with Crippen molar-refractivity contribution in [2.24, 2.45) is 0 Å². The molecule has 0 aliphatic rings. The normalized spacial score (nSPS) is 11.1. The highest BCUT2D eigenvalue weighted by Crippen LogP contribution is 2.13. The Hall–Kier alpha value is -1.73. The molecular weight excluding hydrogens is 264 g/mol. The number of nitrogens with one attached hydrogen (secondary N) is 1. The lowest BCUT2D eigenvalue weighted by atomic mass is 10.5. The van der Waals surface area contributed by atoms with Crippen LogP contribution in [0.25, 0.3) is 0 Å². The van der Waals surface area contributed by atoms with E-state index >= 15 is 0 Å². The van der Waals surface area contributed by atoms with Gasteiger partial charge < -0.3 is 0 Å². The molecule has 0 aliphatic heterocycles. The van der Waals surface area contributed by atoms with Gasteiger partial charge in [-0.2, -0.15) is 0 Å². The Morgan fingerprint density at radius 1 is 1.12 bits per heavy atom. The van der Waals surface area contributed by atoms with Gasteiger partial charge in [-0.05, 0) is 18.2 Å². The first kappa shape index (κ1) is 11.7. The molecule has 0 bridgehead atoms. The van der Waals surface area contributed by atoms with Gasteiger partial charge in [-0.25, -0.2) is 28.1 Å². The van der Waals surface area contributed by atoms with Crippen molar-refractivity contribution in [2.45, 2.75) is 4.90 Å². The Kier molecular flexibility index (Phi) is 3.21. The molecule has 2 aromatic rings. The quantitative estimate of drug-likeness (QED) is 0.851. The fourth-order valence-electron chi connectivity index (χ4n) is 1.05. The van der Waals surface area contributed by atoms with Crippen LogP contribution in [0.15, 0.2) is 41.7 Å². The van der Waals surface area contributed by atoms with Gasteiger partial charge in [0.25, 0.3) is 10.0 Å². The van der Waals surface area contributed by atoms with Crippen molar-refractivity contribution in [1.82, 2.24) is 15.0 Å². The Morgan fingerprint density at radius 2 is 1.82 bits per heavy atom. The van der Waals surface area contributed by atoms with Crippen LogP contribution in [0.3, 0.4) is 0 Å². The van der Waals surface area contributed by atoms with E-state index in [2.05, 4.69) is 19.7 Å². The van der Waals surface area contributed by atoms with Crippen LogP contribution in [-0.2, 0) is 10.0 Å². The third-order valence-electron chi connectivity index (χ3n) is 1.80. The van der Waals surface area contributed by atoms with Gasteiger partial charge in [-0.3, -0.25) is 0 Å². The van der Waals surface area contributed by atoms with Crippen molar-refractivity contribution in [2.75, 3.05) is 4.72 Å². The lowest BCUT2D eigenvalue weighted by Crippen LogP contribution is -2.14. The number of anilines is 1. The summed E-state index contributed by atoms with van der Waals surface area (Å²) in [5.41, 5.74) is 0. The average molecular weight is 271 g/mol. The molecule has 0 saturated heterocycles. The van der Waals surface area contributed by atoms with Crippen LogP contribution in [0.1, 0.15) is 0 Å². The Labute approximate surface area is 103 Å². The summed E-state index contributed by atoms with van der Waals surface area (Å²) < 4.78 is 25.9. The number of halogens is 1. The van der Waals surface area contributed by atoms with Crippen molar-refractivity contribution >= 4 is 27.6 Å². The van der Waals surface area contributed by atoms with Gasteiger partial charge >= 0.3 is 0 Å². The van der Waals surface area contributed by atoms with E-state index in [-0.39, 0.29) is 16.0 Å². The summed E-state index contributed by atoms with van der Waals surface area (Å²) >= 11 is 5.57. The van der Waals surface area contributed by atoms with Crippen LogP contribution in [0.5, 0.6) is 0 Å². The van der Waals surface area contributed by atoms with Crippen molar-refractivity contribution < 1.29 is 8.42 Å². The third-order valence-corrected chi connectivity index (χ3v) is 3.34. The molecule has 0 amide bonds. The van der Waals surface area contributed by atoms with E-state index in [1.54, 1.807) is 6.07 Å². The standard InChI is InChI=1S/C9H7ClN4O2S/c10-8-3-2-7(6-13-8)17(15,16)14-9-11-4-1-5-12-9/h1-6H,(H,11,12,14). The number of pyridine rings is 1. The van der Waals surface area contributed by atoms with Gasteiger partial charge in [0.2, 0.25) is 5.95 Å². The molecule has 0 unspecified atom stereocenters. The second kappa shape index (κ2) is 4.64. The zero-order chi connectivity index (χ0) is 12.3. The predicted octanol–water partition coefficient (Wildman–Crippen LogP) is 1.33. The minimum Gasteiger partial charge on any atom is -0.247 e. The maximum absolute atomic E-state index is 11.8. The first-order chi connectivity index (χ1) is 8.08. The fourth-order valence-corrected chi connectivity index (χ4v) is 2.07. The van der Waals surface area contributed by atoms with Crippen molar-refractivity contribution in [3.8, 4) is 0 Å². The van der Waals surface area contributed by atoms with Crippen molar-refractivity contribution in [1.29, 1.82) is 0 Å². The molecule has 0 saturated carbocycles. The topological polar surface area (TPSA) is 84.8 Å². The molecule has 0 spiro atoms. The number of rotatable bonds is 3. The van der Waals surface area contributed by atoms with Crippen molar-refractivity contribution in [3.63, 3.8) is 0 Å². The van der Waals surface area contributed by atoms with E-state index in [4.69, 9.17) is 11.6 Å². The smallest absolute Gasteiger partial charge is 0.247 e. The highest BCUT2D eigenvalue weighted by atomic mass is 35.5. The summed E-state index contributed by atoms with van der Waals surface area (Å²) in [5, 5.41) is 0.222. The Bertz CT molecular complexity index is 601. The second-order valence-electron chi connectivity index (χ2n) is 2.99. The molecule has 2 aromatic heterocycles. The first-order valence-corrected chi connectivity index (χ1v) is 6.35. The minimum atomic E-state index is -3.73. The van der Waals surface area contributed by atoms with Crippen LogP contribution in [0.2, 0.25) is 5.15 Å². The van der Waals surface area contributed by atoms with Crippen LogP contribution in [0.4, 0.5) is 5.95 Å². The summed E-state index contributed by atoms with van der Waals surface area (Å²) in [4.78, 5) is 11.2. The highest BCUT2D eigenvalue weighted by molar-refractivity contribution is 7.92. The maximum Gasteiger partial charge on any atom is 0.265 e. The maximum atomic E-state index is 11.8. The lowest BCUT2D eigenvalue weighted by Gasteiger charge is -2.05. The summed E-state index contributed by atoms with van der Waals surface area (Å²) in [5.74, 6) is 0.00227. The minimum absolute atomic E-state index is 0.00227. The number of hydrogen-bond donors (Lipinski definition) is 1. The van der Waals surface area contributed by atoms with E-state index in [0.29, 0.717) is 0 Å². The van der Waals surface area contributed by atoms with Crippen LogP contribution < -0.4 is 4.72 Å². The van der Waals surface area contributed by atoms with Gasteiger partial charge in [0.05, 0.1) is 0 Å². The first-order valence-electron chi connectivity index (χ1n) is 4.49. The number of aromatic nitrogens is 3. The van der Waals surface area contributed by atoms with Gasteiger partial charge in [-0.15, -0.1) is 0 Å². The summed E-state index contributed by atoms with van der Waals surface area (Å²) in [7, 11) is -3.73. The third kappa shape index (κ3) is 2.89. The second-order valence-corrected chi connectivity index (χ2v) is 5.06. The predicted molar refractivity (Wildman–Crippen MR) is 62.1 cm³/mol. The number of nitrogens with zero attached hydrogens (tertiary/aromatic N) is 3. The molecule has 0 radical (unpaired) electrons. The van der Waals surface area contributed by atoms with Gasteiger partial charge in [-0.1, -0.05) is 11.6 Å². The van der Waals surface area contributed by atoms with Crippen molar-refractivity contribution in [3.05, 3.63) is 41.9 Å².